The van der Waals surface area contributed by atoms with Gasteiger partial charge in [-0.15, -0.1) is 11.3 Å². The van der Waals surface area contributed by atoms with Crippen molar-refractivity contribution < 1.29 is 17.9 Å². The number of amides is 1. The topological polar surface area (TPSA) is 114 Å². The predicted molar refractivity (Wildman–Crippen MR) is 149 cm³/mol. The van der Waals surface area contributed by atoms with Gasteiger partial charge >= 0.3 is 0 Å². The molecule has 1 atom stereocenters. The minimum Gasteiger partial charge on any atom is -0.496 e. The summed E-state index contributed by atoms with van der Waals surface area (Å²) in [5, 5.41) is 11.5. The van der Waals surface area contributed by atoms with Crippen LogP contribution in [0.15, 0.2) is 58.8 Å². The first kappa shape index (κ1) is 26.5. The Labute approximate surface area is 230 Å². The van der Waals surface area contributed by atoms with Crippen LogP contribution in [0.1, 0.15) is 30.9 Å². The maximum atomic E-state index is 13.0. The van der Waals surface area contributed by atoms with Gasteiger partial charge in [0.15, 0.2) is 5.82 Å². The highest BCUT2D eigenvalue weighted by molar-refractivity contribution is 7.94. The fraction of sp³-hybridized carbons (Fsp3) is 0.308. The van der Waals surface area contributed by atoms with E-state index >= 15 is 0 Å². The summed E-state index contributed by atoms with van der Waals surface area (Å²) in [6, 6.07) is 16.3. The molecule has 9 nitrogen and oxygen atoms in total. The second-order valence-electron chi connectivity index (χ2n) is 9.39. The highest BCUT2D eigenvalue weighted by Gasteiger charge is 2.35. The number of rotatable bonds is 9. The number of carbonyl (C=O) groups excluding carboxylic acids is 1. The van der Waals surface area contributed by atoms with Crippen LogP contribution in [0, 0.1) is 0 Å². The Balaban J connectivity index is 1.41. The molecule has 0 radical (unpaired) electrons. The Morgan fingerprint density at radius 1 is 1.21 bits per heavy atom. The lowest BCUT2D eigenvalue weighted by Gasteiger charge is -2.23. The molecule has 5 rings (SSSR count). The molecule has 1 aliphatic heterocycles. The SMILES string of the molecule is COc1cccc2c1c(NS(=O)(=O)c1ccc(Cl)s1)nn2Cc1cccc(CNC(=O)[C@]2(C)CCCN2)c1. The van der Waals surface area contributed by atoms with Gasteiger partial charge in [0.25, 0.3) is 10.0 Å². The summed E-state index contributed by atoms with van der Waals surface area (Å²) in [4.78, 5) is 12.7. The van der Waals surface area contributed by atoms with E-state index in [1.54, 1.807) is 10.7 Å². The number of hydrogen-bond donors (Lipinski definition) is 3. The van der Waals surface area contributed by atoms with Crippen LogP contribution in [0.3, 0.4) is 0 Å². The maximum absolute atomic E-state index is 13.0. The molecule has 2 aromatic carbocycles. The average Bonchev–Trinajstić information content (AvgIpc) is 3.63. The van der Waals surface area contributed by atoms with Crippen LogP contribution < -0.4 is 20.1 Å². The van der Waals surface area contributed by atoms with E-state index in [4.69, 9.17) is 16.3 Å². The largest absolute Gasteiger partial charge is 0.496 e. The van der Waals surface area contributed by atoms with Gasteiger partial charge in [0.1, 0.15) is 9.96 Å². The molecule has 1 saturated heterocycles. The van der Waals surface area contributed by atoms with Crippen LogP contribution >= 0.6 is 22.9 Å². The number of methoxy groups -OCH3 is 1. The molecule has 3 heterocycles. The number of thiophene rings is 1. The minimum absolute atomic E-state index is 0.00507. The quantitative estimate of drug-likeness (QED) is 0.274. The number of benzene rings is 2. The molecule has 38 heavy (non-hydrogen) atoms. The molecule has 4 aromatic rings. The third-order valence-electron chi connectivity index (χ3n) is 6.65. The summed E-state index contributed by atoms with van der Waals surface area (Å²) in [5.74, 6) is 0.665. The van der Waals surface area contributed by atoms with Crippen LogP contribution in [0.4, 0.5) is 5.82 Å². The molecule has 12 heteroatoms. The number of nitrogens with one attached hydrogen (secondary N) is 3. The van der Waals surface area contributed by atoms with E-state index in [9.17, 15) is 13.2 Å². The Kier molecular flexibility index (Phi) is 7.36. The zero-order valence-corrected chi connectivity index (χ0v) is 23.3. The van der Waals surface area contributed by atoms with Crippen molar-refractivity contribution in [2.24, 2.45) is 0 Å². The second kappa shape index (κ2) is 10.6. The molecule has 1 aliphatic rings. The summed E-state index contributed by atoms with van der Waals surface area (Å²) in [6.45, 7) is 3.58. The molecule has 3 N–H and O–H groups in total. The number of sulfonamides is 1. The number of halogens is 1. The third kappa shape index (κ3) is 5.37. The van der Waals surface area contributed by atoms with E-state index in [1.807, 2.05) is 43.3 Å². The molecule has 0 bridgehead atoms. The van der Waals surface area contributed by atoms with Gasteiger partial charge in [-0.05, 0) is 61.7 Å². The van der Waals surface area contributed by atoms with Crippen molar-refractivity contribution in [2.45, 2.75) is 42.6 Å². The highest BCUT2D eigenvalue weighted by atomic mass is 35.5. The van der Waals surface area contributed by atoms with Crippen molar-refractivity contribution in [2.75, 3.05) is 18.4 Å². The fourth-order valence-corrected chi connectivity index (χ4v) is 7.15. The van der Waals surface area contributed by atoms with Gasteiger partial charge < -0.3 is 15.4 Å². The first-order chi connectivity index (χ1) is 18.2. The van der Waals surface area contributed by atoms with E-state index in [-0.39, 0.29) is 15.9 Å². The van der Waals surface area contributed by atoms with E-state index in [0.717, 1.165) is 41.9 Å². The molecule has 200 valence electrons. The van der Waals surface area contributed by atoms with Crippen molar-refractivity contribution in [3.63, 3.8) is 0 Å². The van der Waals surface area contributed by atoms with Crippen LogP contribution in [0.5, 0.6) is 5.75 Å². The molecule has 0 aliphatic carbocycles. The summed E-state index contributed by atoms with van der Waals surface area (Å²) < 4.78 is 36.4. The van der Waals surface area contributed by atoms with E-state index in [0.29, 0.717) is 34.1 Å². The fourth-order valence-electron chi connectivity index (χ4n) is 4.66. The molecule has 0 spiro atoms. The Morgan fingerprint density at radius 2 is 2.00 bits per heavy atom. The lowest BCUT2D eigenvalue weighted by Crippen LogP contribution is -2.50. The van der Waals surface area contributed by atoms with Crippen LogP contribution in [0.2, 0.25) is 4.34 Å². The molecular formula is C26H28ClN5O4S2. The summed E-state index contributed by atoms with van der Waals surface area (Å²) >= 11 is 6.93. The first-order valence-corrected chi connectivity index (χ1v) is 14.8. The number of anilines is 1. The molecule has 2 aromatic heterocycles. The van der Waals surface area contributed by atoms with E-state index in [1.165, 1.54) is 19.2 Å². The van der Waals surface area contributed by atoms with Gasteiger partial charge in [-0.25, -0.2) is 8.42 Å². The van der Waals surface area contributed by atoms with Gasteiger partial charge in [-0.2, -0.15) is 5.10 Å². The number of aromatic nitrogens is 2. The van der Waals surface area contributed by atoms with Gasteiger partial charge in [0, 0.05) is 6.54 Å². The number of carbonyl (C=O) groups is 1. The van der Waals surface area contributed by atoms with Gasteiger partial charge in [-0.3, -0.25) is 14.2 Å². The Hall–Kier alpha value is -3.12. The lowest BCUT2D eigenvalue weighted by molar-refractivity contribution is -0.126. The minimum atomic E-state index is -3.90. The molecule has 1 fully saturated rings. The van der Waals surface area contributed by atoms with E-state index in [2.05, 4.69) is 20.5 Å². The third-order valence-corrected chi connectivity index (χ3v) is 9.71. The summed E-state index contributed by atoms with van der Waals surface area (Å²) in [7, 11) is -2.37. The van der Waals surface area contributed by atoms with E-state index < -0.39 is 15.6 Å². The molecule has 0 saturated carbocycles. The van der Waals surface area contributed by atoms with Crippen molar-refractivity contribution in [3.8, 4) is 5.75 Å². The number of ether oxygens (including phenoxy) is 1. The highest BCUT2D eigenvalue weighted by Crippen LogP contribution is 2.35. The van der Waals surface area contributed by atoms with Gasteiger partial charge in [-0.1, -0.05) is 41.9 Å². The average molecular weight is 574 g/mol. The van der Waals surface area contributed by atoms with Crippen molar-refractivity contribution >= 4 is 55.6 Å². The summed E-state index contributed by atoms with van der Waals surface area (Å²) in [6.07, 6.45) is 1.81. The Morgan fingerprint density at radius 3 is 2.71 bits per heavy atom. The normalized spacial score (nSPS) is 17.6. The van der Waals surface area contributed by atoms with Gasteiger partial charge in [0.05, 0.1) is 34.4 Å². The second-order valence-corrected chi connectivity index (χ2v) is 13.0. The van der Waals surface area contributed by atoms with Crippen molar-refractivity contribution in [3.05, 3.63) is 70.1 Å². The molecular weight excluding hydrogens is 546 g/mol. The van der Waals surface area contributed by atoms with Crippen LogP contribution in [-0.2, 0) is 27.9 Å². The standard InChI is InChI=1S/C26H28ClN5O4S2/c1-26(12-5-13-29-26)25(33)28-15-17-6-3-7-18(14-17)16-32-19-8-4-9-20(36-2)23(19)24(30-32)31-38(34,35)22-11-10-21(27)37-22/h3-4,6-11,14,29H,5,12-13,15-16H2,1-2H3,(H,28,33)(H,30,31)/t26-/m0/s1. The predicted octanol–water partition coefficient (Wildman–Crippen LogP) is 4.37. The zero-order valence-electron chi connectivity index (χ0n) is 21.0. The smallest absolute Gasteiger partial charge is 0.272 e. The van der Waals surface area contributed by atoms with Crippen LogP contribution in [0.25, 0.3) is 10.9 Å². The zero-order chi connectivity index (χ0) is 26.9. The number of nitrogens with zero attached hydrogens (tertiary/aromatic N) is 2. The first-order valence-electron chi connectivity index (χ1n) is 12.1. The maximum Gasteiger partial charge on any atom is 0.272 e. The van der Waals surface area contributed by atoms with Gasteiger partial charge in [0.2, 0.25) is 5.91 Å². The molecule has 1 amide bonds. The van der Waals surface area contributed by atoms with Crippen molar-refractivity contribution in [1.82, 2.24) is 20.4 Å². The molecule has 0 unspecified atom stereocenters. The number of hydrogen-bond acceptors (Lipinski definition) is 7. The number of fused-ring (bicyclic) bond motifs is 1. The lowest BCUT2D eigenvalue weighted by atomic mass is 9.99. The monoisotopic (exact) mass is 573 g/mol. The Bertz CT molecular complexity index is 1590. The van der Waals surface area contributed by atoms with Crippen molar-refractivity contribution in [1.29, 1.82) is 0 Å². The summed E-state index contributed by atoms with van der Waals surface area (Å²) in [5.41, 5.74) is 2.10. The van der Waals surface area contributed by atoms with Crippen LogP contribution in [-0.4, -0.2) is 43.3 Å².